The quantitative estimate of drug-likeness (QED) is 0.736. The summed E-state index contributed by atoms with van der Waals surface area (Å²) < 4.78 is 41.3. The Hall–Kier alpha value is -2.01. The zero-order valence-corrected chi connectivity index (χ0v) is 11.6. The lowest BCUT2D eigenvalue weighted by Gasteiger charge is -2.14. The van der Waals surface area contributed by atoms with E-state index in [1.165, 1.54) is 43.3 Å². The van der Waals surface area contributed by atoms with Gasteiger partial charge >= 0.3 is 6.36 Å². The first-order chi connectivity index (χ1) is 9.78. The summed E-state index contributed by atoms with van der Waals surface area (Å²) in [5.74, 6) is -0.574. The van der Waals surface area contributed by atoms with Crippen molar-refractivity contribution < 1.29 is 22.7 Å². The summed E-state index contributed by atoms with van der Waals surface area (Å²) in [7, 11) is 0. The molecule has 6 heteroatoms. The van der Waals surface area contributed by atoms with E-state index in [9.17, 15) is 18.0 Å². The molecular weight excluding hydrogens is 305 g/mol. The number of benzene rings is 2. The van der Waals surface area contributed by atoms with E-state index < -0.39 is 6.36 Å². The van der Waals surface area contributed by atoms with Crippen molar-refractivity contribution in [2.24, 2.45) is 0 Å². The van der Waals surface area contributed by atoms with Crippen molar-refractivity contribution in [2.45, 2.75) is 13.3 Å². The molecule has 0 amide bonds. The maximum Gasteiger partial charge on any atom is 0.573 e. The van der Waals surface area contributed by atoms with Crippen molar-refractivity contribution >= 4 is 17.4 Å². The van der Waals surface area contributed by atoms with E-state index in [-0.39, 0.29) is 22.1 Å². The van der Waals surface area contributed by atoms with E-state index in [0.717, 1.165) is 0 Å². The van der Waals surface area contributed by atoms with Crippen LogP contribution in [0.15, 0.2) is 42.5 Å². The molecule has 0 aliphatic heterocycles. The van der Waals surface area contributed by atoms with E-state index in [1.807, 2.05) is 0 Å². The molecule has 0 aromatic heterocycles. The molecule has 0 aliphatic rings. The Labute approximate surface area is 124 Å². The standard InChI is InChI=1S/C15H10ClF3O2/c1-9(20)10-6-7-13(16)12(8-10)11-4-2-3-5-14(11)21-15(17,18)19/h2-8H,1H3. The molecule has 0 N–H and O–H groups in total. The number of halogens is 4. The number of para-hydroxylation sites is 1. The van der Waals surface area contributed by atoms with Crippen LogP contribution in [0.4, 0.5) is 13.2 Å². The Morgan fingerprint density at radius 2 is 1.76 bits per heavy atom. The van der Waals surface area contributed by atoms with Crippen molar-refractivity contribution in [3.8, 4) is 16.9 Å². The molecule has 0 fully saturated rings. The Morgan fingerprint density at radius 1 is 1.10 bits per heavy atom. The van der Waals surface area contributed by atoms with Crippen molar-refractivity contribution in [1.82, 2.24) is 0 Å². The van der Waals surface area contributed by atoms with Crippen LogP contribution in [-0.2, 0) is 0 Å². The predicted molar refractivity (Wildman–Crippen MR) is 73.6 cm³/mol. The molecule has 21 heavy (non-hydrogen) atoms. The molecule has 2 aromatic rings. The number of carbonyl (C=O) groups is 1. The third-order valence-electron chi connectivity index (χ3n) is 2.78. The average Bonchev–Trinajstić information content (AvgIpc) is 2.38. The number of ether oxygens (including phenoxy) is 1. The first-order valence-corrected chi connectivity index (χ1v) is 6.31. The second-order valence-corrected chi connectivity index (χ2v) is 4.70. The Kier molecular flexibility index (Phi) is 4.23. The molecule has 0 bridgehead atoms. The van der Waals surface area contributed by atoms with Gasteiger partial charge < -0.3 is 4.74 Å². The maximum absolute atomic E-state index is 12.4. The summed E-state index contributed by atoms with van der Waals surface area (Å²) in [5.41, 5.74) is 0.836. The monoisotopic (exact) mass is 314 g/mol. The van der Waals surface area contributed by atoms with Crippen molar-refractivity contribution in [1.29, 1.82) is 0 Å². The number of hydrogen-bond donors (Lipinski definition) is 0. The highest BCUT2D eigenvalue weighted by atomic mass is 35.5. The van der Waals surface area contributed by atoms with Gasteiger partial charge in [0.05, 0.1) is 0 Å². The molecule has 2 rings (SSSR count). The van der Waals surface area contributed by atoms with Gasteiger partial charge in [-0.1, -0.05) is 29.8 Å². The minimum atomic E-state index is -4.80. The number of hydrogen-bond acceptors (Lipinski definition) is 2. The molecule has 0 radical (unpaired) electrons. The van der Waals surface area contributed by atoms with Crippen molar-refractivity contribution in [3.05, 3.63) is 53.1 Å². The van der Waals surface area contributed by atoms with Gasteiger partial charge in [0.15, 0.2) is 5.78 Å². The number of rotatable bonds is 3. The molecule has 0 unspecified atom stereocenters. The van der Waals surface area contributed by atoms with Crippen LogP contribution in [0.1, 0.15) is 17.3 Å². The van der Waals surface area contributed by atoms with E-state index >= 15 is 0 Å². The highest BCUT2D eigenvalue weighted by Gasteiger charge is 2.32. The first-order valence-electron chi connectivity index (χ1n) is 5.93. The highest BCUT2D eigenvalue weighted by molar-refractivity contribution is 6.33. The Balaban J connectivity index is 2.56. The average molecular weight is 315 g/mol. The van der Waals surface area contributed by atoms with Gasteiger partial charge in [0.25, 0.3) is 0 Å². The van der Waals surface area contributed by atoms with E-state index in [2.05, 4.69) is 4.74 Å². The van der Waals surface area contributed by atoms with Gasteiger partial charge in [0, 0.05) is 21.7 Å². The molecule has 0 heterocycles. The van der Waals surface area contributed by atoms with Gasteiger partial charge in [-0.3, -0.25) is 4.79 Å². The smallest absolute Gasteiger partial charge is 0.405 e. The zero-order valence-electron chi connectivity index (χ0n) is 10.9. The number of carbonyl (C=O) groups excluding carboxylic acids is 1. The van der Waals surface area contributed by atoms with Crippen LogP contribution in [0.25, 0.3) is 11.1 Å². The lowest BCUT2D eigenvalue weighted by atomic mass is 10.0. The van der Waals surface area contributed by atoms with Gasteiger partial charge in [0.2, 0.25) is 0 Å². The second-order valence-electron chi connectivity index (χ2n) is 4.29. The van der Waals surface area contributed by atoms with Gasteiger partial charge in [-0.05, 0) is 31.2 Å². The molecule has 0 atom stereocenters. The lowest BCUT2D eigenvalue weighted by Crippen LogP contribution is -2.17. The van der Waals surface area contributed by atoms with Crippen LogP contribution in [-0.4, -0.2) is 12.1 Å². The first kappa shape index (κ1) is 15.4. The van der Waals surface area contributed by atoms with Gasteiger partial charge in [-0.2, -0.15) is 0 Å². The third kappa shape index (κ3) is 3.76. The molecule has 0 saturated heterocycles. The minimum absolute atomic E-state index is 0.169. The number of Topliss-reactive ketones (excluding diaryl/α,β-unsaturated/α-hetero) is 1. The minimum Gasteiger partial charge on any atom is -0.405 e. The summed E-state index contributed by atoms with van der Waals surface area (Å²) in [6.45, 7) is 1.37. The molecule has 0 spiro atoms. The molecule has 2 nitrogen and oxygen atoms in total. The third-order valence-corrected chi connectivity index (χ3v) is 3.11. The molecular formula is C15H10ClF3O2. The fourth-order valence-electron chi connectivity index (χ4n) is 1.85. The van der Waals surface area contributed by atoms with Gasteiger partial charge in [-0.25, -0.2) is 0 Å². The van der Waals surface area contributed by atoms with E-state index in [0.29, 0.717) is 11.1 Å². The summed E-state index contributed by atoms with van der Waals surface area (Å²) in [6.07, 6.45) is -4.80. The van der Waals surface area contributed by atoms with Crippen LogP contribution in [0.5, 0.6) is 5.75 Å². The molecule has 0 saturated carbocycles. The Morgan fingerprint density at radius 3 is 2.38 bits per heavy atom. The maximum atomic E-state index is 12.4. The normalized spacial score (nSPS) is 11.3. The summed E-state index contributed by atoms with van der Waals surface area (Å²) in [5, 5.41) is 0.234. The number of alkyl halides is 3. The van der Waals surface area contributed by atoms with Gasteiger partial charge in [0.1, 0.15) is 5.75 Å². The predicted octanol–water partition coefficient (Wildman–Crippen LogP) is 5.11. The molecule has 0 aliphatic carbocycles. The van der Waals surface area contributed by atoms with Crippen LogP contribution in [0, 0.1) is 0 Å². The second kappa shape index (κ2) is 5.77. The SMILES string of the molecule is CC(=O)c1ccc(Cl)c(-c2ccccc2OC(F)(F)F)c1. The fraction of sp³-hybridized carbons (Fsp3) is 0.133. The van der Waals surface area contributed by atoms with E-state index in [4.69, 9.17) is 11.6 Å². The van der Waals surface area contributed by atoms with Crippen LogP contribution < -0.4 is 4.74 Å². The van der Waals surface area contributed by atoms with Crippen molar-refractivity contribution in [3.63, 3.8) is 0 Å². The van der Waals surface area contributed by atoms with Crippen LogP contribution >= 0.6 is 11.6 Å². The highest BCUT2D eigenvalue weighted by Crippen LogP contribution is 2.37. The molecule has 110 valence electrons. The zero-order chi connectivity index (χ0) is 15.6. The lowest BCUT2D eigenvalue weighted by molar-refractivity contribution is -0.274. The Bertz CT molecular complexity index is 681. The summed E-state index contributed by atoms with van der Waals surface area (Å²) in [6, 6.07) is 10.1. The summed E-state index contributed by atoms with van der Waals surface area (Å²) >= 11 is 6.03. The largest absolute Gasteiger partial charge is 0.573 e. The molecule has 2 aromatic carbocycles. The van der Waals surface area contributed by atoms with Crippen LogP contribution in [0.2, 0.25) is 5.02 Å². The fourth-order valence-corrected chi connectivity index (χ4v) is 2.07. The summed E-state index contributed by atoms with van der Waals surface area (Å²) in [4.78, 5) is 11.4. The van der Waals surface area contributed by atoms with Crippen molar-refractivity contribution in [2.75, 3.05) is 0 Å². The number of ketones is 1. The van der Waals surface area contributed by atoms with E-state index in [1.54, 1.807) is 6.07 Å². The van der Waals surface area contributed by atoms with Crippen LogP contribution in [0.3, 0.4) is 0 Å². The van der Waals surface area contributed by atoms with Gasteiger partial charge in [-0.15, -0.1) is 13.2 Å². The topological polar surface area (TPSA) is 26.3 Å².